The van der Waals surface area contributed by atoms with Crippen LogP contribution in [0.1, 0.15) is 27.7 Å². The number of aliphatic hydroxyl groups is 1. The number of hydrogen-bond acceptors (Lipinski definition) is 3. The van der Waals surface area contributed by atoms with Crippen molar-refractivity contribution < 1.29 is 14.6 Å². The molecule has 0 aliphatic carbocycles. The van der Waals surface area contributed by atoms with Crippen molar-refractivity contribution in [2.75, 3.05) is 6.61 Å². The molecule has 0 saturated carbocycles. The highest BCUT2D eigenvalue weighted by Gasteiger charge is 2.17. The SMILES string of the molecule is C/C=C\[C@@H](CO)NC(=O)OC(C)(C)C. The summed E-state index contributed by atoms with van der Waals surface area (Å²) in [4.78, 5) is 11.2. The number of alkyl carbamates (subject to hydrolysis) is 1. The van der Waals surface area contributed by atoms with Crippen LogP contribution in [0.25, 0.3) is 0 Å². The summed E-state index contributed by atoms with van der Waals surface area (Å²) in [6, 6.07) is -0.380. The zero-order chi connectivity index (χ0) is 11.2. The normalized spacial score (nSPS) is 14.1. The fourth-order valence-corrected chi connectivity index (χ4v) is 0.846. The van der Waals surface area contributed by atoms with Crippen LogP contribution in [0.2, 0.25) is 0 Å². The number of carbonyl (C=O) groups excluding carboxylic acids is 1. The highest BCUT2D eigenvalue weighted by atomic mass is 16.6. The van der Waals surface area contributed by atoms with Crippen LogP contribution >= 0.6 is 0 Å². The maximum Gasteiger partial charge on any atom is 0.408 e. The lowest BCUT2D eigenvalue weighted by Crippen LogP contribution is -2.39. The maximum absolute atomic E-state index is 11.2. The summed E-state index contributed by atoms with van der Waals surface area (Å²) in [6.45, 7) is 7.05. The fraction of sp³-hybridized carbons (Fsp3) is 0.700. The van der Waals surface area contributed by atoms with Gasteiger partial charge in [-0.25, -0.2) is 4.79 Å². The summed E-state index contributed by atoms with van der Waals surface area (Å²) >= 11 is 0. The van der Waals surface area contributed by atoms with Gasteiger partial charge in [0.05, 0.1) is 12.6 Å². The van der Waals surface area contributed by atoms with Gasteiger partial charge in [-0.2, -0.15) is 0 Å². The molecule has 0 aromatic carbocycles. The Morgan fingerprint density at radius 3 is 2.50 bits per heavy atom. The number of amides is 1. The molecule has 0 aromatic heterocycles. The lowest BCUT2D eigenvalue weighted by Gasteiger charge is -2.21. The van der Waals surface area contributed by atoms with Crippen LogP contribution in [0.5, 0.6) is 0 Å². The molecular formula is C10H19NO3. The summed E-state index contributed by atoms with van der Waals surface area (Å²) in [5, 5.41) is 11.4. The third-order valence-electron chi connectivity index (χ3n) is 1.32. The number of nitrogens with one attached hydrogen (secondary N) is 1. The first-order valence-corrected chi connectivity index (χ1v) is 4.62. The molecule has 0 bridgehead atoms. The smallest absolute Gasteiger partial charge is 0.408 e. The van der Waals surface area contributed by atoms with Gasteiger partial charge >= 0.3 is 6.09 Å². The number of rotatable bonds is 3. The Morgan fingerprint density at radius 1 is 1.57 bits per heavy atom. The van der Waals surface area contributed by atoms with Crippen molar-refractivity contribution in [2.45, 2.75) is 39.3 Å². The molecule has 1 atom stereocenters. The van der Waals surface area contributed by atoms with Crippen LogP contribution in [0.4, 0.5) is 4.79 Å². The van der Waals surface area contributed by atoms with Gasteiger partial charge in [0.2, 0.25) is 0 Å². The highest BCUT2D eigenvalue weighted by molar-refractivity contribution is 5.68. The van der Waals surface area contributed by atoms with E-state index >= 15 is 0 Å². The maximum atomic E-state index is 11.2. The van der Waals surface area contributed by atoms with Crippen LogP contribution in [-0.2, 0) is 4.74 Å². The molecule has 14 heavy (non-hydrogen) atoms. The van der Waals surface area contributed by atoms with E-state index in [1.807, 2.05) is 6.92 Å². The lowest BCUT2D eigenvalue weighted by atomic mass is 10.2. The molecule has 0 heterocycles. The van der Waals surface area contributed by atoms with Crippen molar-refractivity contribution >= 4 is 6.09 Å². The molecule has 0 rings (SSSR count). The Morgan fingerprint density at radius 2 is 2.14 bits per heavy atom. The van der Waals surface area contributed by atoms with E-state index in [1.165, 1.54) is 0 Å². The van der Waals surface area contributed by atoms with Gasteiger partial charge in [-0.3, -0.25) is 0 Å². The van der Waals surface area contributed by atoms with E-state index in [9.17, 15) is 4.79 Å². The summed E-state index contributed by atoms with van der Waals surface area (Å²) < 4.78 is 5.02. The van der Waals surface area contributed by atoms with Crippen molar-refractivity contribution in [1.29, 1.82) is 0 Å². The quantitative estimate of drug-likeness (QED) is 0.679. The Labute approximate surface area is 85.0 Å². The summed E-state index contributed by atoms with van der Waals surface area (Å²) in [5.74, 6) is 0. The van der Waals surface area contributed by atoms with E-state index in [0.717, 1.165) is 0 Å². The molecule has 0 unspecified atom stereocenters. The van der Waals surface area contributed by atoms with Gasteiger partial charge in [-0.05, 0) is 27.7 Å². The molecule has 0 aliphatic heterocycles. The van der Waals surface area contributed by atoms with Crippen LogP contribution in [0.15, 0.2) is 12.2 Å². The van der Waals surface area contributed by atoms with Crippen molar-refractivity contribution in [3.63, 3.8) is 0 Å². The zero-order valence-corrected chi connectivity index (χ0v) is 9.20. The molecule has 0 fully saturated rings. The topological polar surface area (TPSA) is 58.6 Å². The van der Waals surface area contributed by atoms with Gasteiger partial charge < -0.3 is 15.2 Å². The second-order valence-electron chi connectivity index (χ2n) is 3.96. The molecule has 4 nitrogen and oxygen atoms in total. The molecule has 1 amide bonds. The molecular weight excluding hydrogens is 182 g/mol. The van der Waals surface area contributed by atoms with Gasteiger partial charge in [0.1, 0.15) is 5.60 Å². The Balaban J connectivity index is 4.04. The molecule has 4 heteroatoms. The highest BCUT2D eigenvalue weighted by Crippen LogP contribution is 2.06. The van der Waals surface area contributed by atoms with E-state index in [1.54, 1.807) is 32.9 Å². The minimum atomic E-state index is -0.519. The minimum absolute atomic E-state index is 0.135. The Bertz CT molecular complexity index is 206. The monoisotopic (exact) mass is 201 g/mol. The average Bonchev–Trinajstić information content (AvgIpc) is 2.00. The van der Waals surface area contributed by atoms with E-state index in [0.29, 0.717) is 0 Å². The largest absolute Gasteiger partial charge is 0.444 e. The number of aliphatic hydroxyl groups excluding tert-OH is 1. The van der Waals surface area contributed by atoms with E-state index in [2.05, 4.69) is 5.32 Å². The first-order valence-electron chi connectivity index (χ1n) is 4.62. The second kappa shape index (κ2) is 5.65. The van der Waals surface area contributed by atoms with Gasteiger partial charge in [-0.1, -0.05) is 12.2 Å². The van der Waals surface area contributed by atoms with E-state index < -0.39 is 11.7 Å². The third kappa shape index (κ3) is 6.48. The summed E-state index contributed by atoms with van der Waals surface area (Å²) in [7, 11) is 0. The molecule has 0 radical (unpaired) electrons. The van der Waals surface area contributed by atoms with Crippen LogP contribution in [-0.4, -0.2) is 29.4 Å². The molecule has 0 spiro atoms. The van der Waals surface area contributed by atoms with Gasteiger partial charge in [0.25, 0.3) is 0 Å². The number of ether oxygens (including phenoxy) is 1. The van der Waals surface area contributed by atoms with Crippen molar-refractivity contribution in [1.82, 2.24) is 5.32 Å². The zero-order valence-electron chi connectivity index (χ0n) is 9.20. The Kier molecular flexibility index (Phi) is 5.23. The van der Waals surface area contributed by atoms with Crippen LogP contribution in [0, 0.1) is 0 Å². The molecule has 82 valence electrons. The summed E-state index contributed by atoms with van der Waals surface area (Å²) in [5.41, 5.74) is -0.514. The molecule has 2 N–H and O–H groups in total. The Hall–Kier alpha value is -1.03. The predicted molar refractivity (Wildman–Crippen MR) is 55.1 cm³/mol. The van der Waals surface area contributed by atoms with Crippen molar-refractivity contribution in [3.05, 3.63) is 12.2 Å². The van der Waals surface area contributed by atoms with Crippen LogP contribution in [0.3, 0.4) is 0 Å². The average molecular weight is 201 g/mol. The van der Waals surface area contributed by atoms with Gasteiger partial charge in [-0.15, -0.1) is 0 Å². The third-order valence-corrected chi connectivity index (χ3v) is 1.32. The predicted octanol–water partition coefficient (Wildman–Crippen LogP) is 1.45. The number of carbonyl (C=O) groups is 1. The molecule has 0 aromatic rings. The summed E-state index contributed by atoms with van der Waals surface area (Å²) in [6.07, 6.45) is 2.94. The molecule has 0 saturated heterocycles. The molecule has 0 aliphatic rings. The fourth-order valence-electron chi connectivity index (χ4n) is 0.846. The standard InChI is InChI=1S/C10H19NO3/c1-5-6-8(7-12)11-9(13)14-10(2,3)4/h5-6,8,12H,7H2,1-4H3,(H,11,13)/b6-5-/t8-/m0/s1. The number of hydrogen-bond donors (Lipinski definition) is 2. The minimum Gasteiger partial charge on any atom is -0.444 e. The van der Waals surface area contributed by atoms with E-state index in [4.69, 9.17) is 9.84 Å². The first kappa shape index (κ1) is 13.0. The van der Waals surface area contributed by atoms with E-state index in [-0.39, 0.29) is 12.6 Å². The lowest BCUT2D eigenvalue weighted by molar-refractivity contribution is 0.0498. The first-order chi connectivity index (χ1) is 6.39. The number of allylic oxidation sites excluding steroid dienone is 1. The van der Waals surface area contributed by atoms with Crippen molar-refractivity contribution in [3.8, 4) is 0 Å². The van der Waals surface area contributed by atoms with Crippen molar-refractivity contribution in [2.24, 2.45) is 0 Å². The van der Waals surface area contributed by atoms with Crippen LogP contribution < -0.4 is 5.32 Å². The second-order valence-corrected chi connectivity index (χ2v) is 3.96. The van der Waals surface area contributed by atoms with Gasteiger partial charge in [0, 0.05) is 0 Å². The van der Waals surface area contributed by atoms with Gasteiger partial charge in [0.15, 0.2) is 0 Å².